The highest BCUT2D eigenvalue weighted by molar-refractivity contribution is 5.78. The topological polar surface area (TPSA) is 73.8 Å². The minimum absolute atomic E-state index is 0.138. The van der Waals surface area contributed by atoms with Crippen molar-refractivity contribution < 1.29 is 13.9 Å². The van der Waals surface area contributed by atoms with Crippen molar-refractivity contribution >= 4 is 11.7 Å². The van der Waals surface area contributed by atoms with Gasteiger partial charge in [-0.25, -0.2) is 4.39 Å². The lowest BCUT2D eigenvalue weighted by Gasteiger charge is -2.35. The van der Waals surface area contributed by atoms with Crippen LogP contribution in [0.1, 0.15) is 0 Å². The van der Waals surface area contributed by atoms with Gasteiger partial charge in [0.15, 0.2) is 5.82 Å². The summed E-state index contributed by atoms with van der Waals surface area (Å²) >= 11 is 0. The summed E-state index contributed by atoms with van der Waals surface area (Å²) in [6, 6.07) is 10.0. The van der Waals surface area contributed by atoms with Crippen LogP contribution in [0.25, 0.3) is 11.3 Å². The monoisotopic (exact) mass is 428 g/mol. The maximum Gasteiger partial charge on any atom is 0.236 e. The number of nitrogens with one attached hydrogen (secondary N) is 1. The molecule has 0 atom stereocenters. The number of amides is 1. The van der Waals surface area contributed by atoms with E-state index in [9.17, 15) is 9.18 Å². The molecule has 0 radical (unpaired) electrons. The van der Waals surface area contributed by atoms with Crippen LogP contribution in [-0.2, 0) is 9.53 Å². The molecule has 2 fully saturated rings. The summed E-state index contributed by atoms with van der Waals surface area (Å²) in [6.45, 7) is 8.43. The number of carbonyl (C=O) groups excluding carboxylic acids is 1. The van der Waals surface area contributed by atoms with Crippen molar-refractivity contribution in [2.24, 2.45) is 0 Å². The number of morpholine rings is 1. The average molecular weight is 429 g/mol. The first-order valence-electron chi connectivity index (χ1n) is 10.8. The number of nitrogens with zero attached hydrogens (tertiary/aromatic N) is 5. The van der Waals surface area contributed by atoms with Crippen LogP contribution in [0.5, 0.6) is 0 Å². The van der Waals surface area contributed by atoms with Crippen LogP contribution < -0.4 is 10.2 Å². The first-order valence-corrected chi connectivity index (χ1v) is 10.8. The summed E-state index contributed by atoms with van der Waals surface area (Å²) in [4.78, 5) is 18.9. The first-order chi connectivity index (χ1) is 15.2. The van der Waals surface area contributed by atoms with Crippen molar-refractivity contribution in [3.05, 3.63) is 42.2 Å². The fourth-order valence-corrected chi connectivity index (χ4v) is 3.82. The Morgan fingerprint density at radius 2 is 1.71 bits per heavy atom. The van der Waals surface area contributed by atoms with E-state index in [1.165, 1.54) is 12.1 Å². The van der Waals surface area contributed by atoms with E-state index in [2.05, 4.69) is 25.3 Å². The highest BCUT2D eigenvalue weighted by Crippen LogP contribution is 2.19. The van der Waals surface area contributed by atoms with Crippen LogP contribution in [-0.4, -0.2) is 98.0 Å². The smallest absolute Gasteiger partial charge is 0.236 e. The molecule has 9 heteroatoms. The van der Waals surface area contributed by atoms with Gasteiger partial charge in [0.25, 0.3) is 0 Å². The van der Waals surface area contributed by atoms with Crippen molar-refractivity contribution in [3.63, 3.8) is 0 Å². The van der Waals surface area contributed by atoms with Crippen molar-refractivity contribution in [1.82, 2.24) is 25.3 Å². The molecule has 0 saturated carbocycles. The Labute approximate surface area is 182 Å². The van der Waals surface area contributed by atoms with Gasteiger partial charge in [0, 0.05) is 57.9 Å². The Morgan fingerprint density at radius 3 is 2.39 bits per heavy atom. The molecule has 31 heavy (non-hydrogen) atoms. The van der Waals surface area contributed by atoms with E-state index >= 15 is 0 Å². The Bertz CT molecular complexity index is 834. The molecule has 0 spiro atoms. The second kappa shape index (κ2) is 10.6. The third-order valence-electron chi connectivity index (χ3n) is 5.73. The SMILES string of the molecule is O=C(CNCCN1CCOCC1)N1CCN(c2ccc(-c3ccc(F)cc3)nn2)CC1. The highest BCUT2D eigenvalue weighted by atomic mass is 19.1. The predicted octanol–water partition coefficient (Wildman–Crippen LogP) is 0.853. The molecule has 2 aliphatic rings. The Balaban J connectivity index is 1.19. The molecule has 2 aliphatic heterocycles. The number of rotatable bonds is 7. The quantitative estimate of drug-likeness (QED) is 0.656. The summed E-state index contributed by atoms with van der Waals surface area (Å²) in [5.74, 6) is 0.661. The molecule has 8 nitrogen and oxygen atoms in total. The number of anilines is 1. The molecule has 166 valence electrons. The number of hydrogen-bond donors (Lipinski definition) is 1. The van der Waals surface area contributed by atoms with Crippen LogP contribution in [0.4, 0.5) is 10.2 Å². The second-order valence-corrected chi connectivity index (χ2v) is 7.78. The zero-order valence-electron chi connectivity index (χ0n) is 17.7. The van der Waals surface area contributed by atoms with E-state index in [1.54, 1.807) is 12.1 Å². The number of piperazine rings is 1. The normalized spacial score (nSPS) is 17.7. The molecule has 3 heterocycles. The molecule has 0 bridgehead atoms. The van der Waals surface area contributed by atoms with Crippen molar-refractivity contribution in [1.29, 1.82) is 0 Å². The lowest BCUT2D eigenvalue weighted by molar-refractivity contribution is -0.130. The summed E-state index contributed by atoms with van der Waals surface area (Å²) in [7, 11) is 0. The van der Waals surface area contributed by atoms with Crippen LogP contribution in [0.15, 0.2) is 36.4 Å². The van der Waals surface area contributed by atoms with E-state index in [0.717, 1.165) is 63.9 Å². The third kappa shape index (κ3) is 5.96. The molecule has 2 aromatic rings. The molecular formula is C22H29FN6O2. The van der Waals surface area contributed by atoms with E-state index in [-0.39, 0.29) is 11.7 Å². The maximum absolute atomic E-state index is 13.1. The number of benzene rings is 1. The van der Waals surface area contributed by atoms with Crippen molar-refractivity contribution in [2.75, 3.05) is 77.0 Å². The van der Waals surface area contributed by atoms with Crippen LogP contribution in [0.3, 0.4) is 0 Å². The molecule has 1 aromatic heterocycles. The molecule has 4 rings (SSSR count). The number of ether oxygens (including phenoxy) is 1. The lowest BCUT2D eigenvalue weighted by atomic mass is 10.1. The van der Waals surface area contributed by atoms with E-state index in [4.69, 9.17) is 4.74 Å². The van der Waals surface area contributed by atoms with Crippen molar-refractivity contribution in [3.8, 4) is 11.3 Å². The van der Waals surface area contributed by atoms with Gasteiger partial charge in [-0.05, 0) is 36.4 Å². The third-order valence-corrected chi connectivity index (χ3v) is 5.73. The van der Waals surface area contributed by atoms with Gasteiger partial charge >= 0.3 is 0 Å². The van der Waals surface area contributed by atoms with Gasteiger partial charge in [-0.3, -0.25) is 9.69 Å². The van der Waals surface area contributed by atoms with Crippen LogP contribution >= 0.6 is 0 Å². The average Bonchev–Trinajstić information content (AvgIpc) is 2.83. The molecule has 1 N–H and O–H groups in total. The summed E-state index contributed by atoms with van der Waals surface area (Å²) in [5, 5.41) is 11.9. The van der Waals surface area contributed by atoms with Crippen molar-refractivity contribution in [2.45, 2.75) is 0 Å². The minimum Gasteiger partial charge on any atom is -0.379 e. The Hall–Kier alpha value is -2.62. The summed E-state index contributed by atoms with van der Waals surface area (Å²) < 4.78 is 18.4. The van der Waals surface area contributed by atoms with E-state index in [1.807, 2.05) is 17.0 Å². The summed E-state index contributed by atoms with van der Waals surface area (Å²) in [6.07, 6.45) is 0. The summed E-state index contributed by atoms with van der Waals surface area (Å²) in [5.41, 5.74) is 1.54. The zero-order chi connectivity index (χ0) is 21.5. The van der Waals surface area contributed by atoms with Gasteiger partial charge in [-0.2, -0.15) is 0 Å². The number of aromatic nitrogens is 2. The van der Waals surface area contributed by atoms with Gasteiger partial charge < -0.3 is 19.9 Å². The second-order valence-electron chi connectivity index (χ2n) is 7.78. The zero-order valence-corrected chi connectivity index (χ0v) is 17.7. The standard InChI is InChI=1S/C22H29FN6O2/c23-19-3-1-18(2-4-19)20-5-6-21(26-25-20)28-9-11-29(12-10-28)22(30)17-24-7-8-27-13-15-31-16-14-27/h1-6,24H,7-17H2. The highest BCUT2D eigenvalue weighted by Gasteiger charge is 2.22. The number of halogens is 1. The maximum atomic E-state index is 13.1. The van der Waals surface area contributed by atoms with E-state index < -0.39 is 0 Å². The number of carbonyl (C=O) groups is 1. The predicted molar refractivity (Wildman–Crippen MR) is 116 cm³/mol. The number of hydrogen-bond acceptors (Lipinski definition) is 7. The lowest BCUT2D eigenvalue weighted by Crippen LogP contribution is -2.51. The Kier molecular flexibility index (Phi) is 7.39. The molecule has 1 amide bonds. The van der Waals surface area contributed by atoms with Crippen LogP contribution in [0.2, 0.25) is 0 Å². The van der Waals surface area contributed by atoms with Gasteiger partial charge in [0.1, 0.15) is 5.82 Å². The molecular weight excluding hydrogens is 399 g/mol. The fourth-order valence-electron chi connectivity index (χ4n) is 3.82. The van der Waals surface area contributed by atoms with Crippen LogP contribution in [0, 0.1) is 5.82 Å². The minimum atomic E-state index is -0.270. The van der Waals surface area contributed by atoms with Gasteiger partial charge in [0.05, 0.1) is 25.5 Å². The molecule has 2 saturated heterocycles. The molecule has 1 aromatic carbocycles. The Morgan fingerprint density at radius 1 is 0.968 bits per heavy atom. The van der Waals surface area contributed by atoms with Gasteiger partial charge in [-0.15, -0.1) is 10.2 Å². The van der Waals surface area contributed by atoms with E-state index in [0.29, 0.717) is 25.3 Å². The molecule has 0 unspecified atom stereocenters. The fraction of sp³-hybridized carbons (Fsp3) is 0.500. The molecule has 0 aliphatic carbocycles. The van der Waals surface area contributed by atoms with Gasteiger partial charge in [0.2, 0.25) is 5.91 Å². The first kappa shape index (κ1) is 21.6. The van der Waals surface area contributed by atoms with Gasteiger partial charge in [-0.1, -0.05) is 0 Å². The largest absolute Gasteiger partial charge is 0.379 e.